The Balaban J connectivity index is 1.36. The molecule has 6 rings (SSSR count). The highest BCUT2D eigenvalue weighted by Crippen LogP contribution is 2.71. The summed E-state index contributed by atoms with van der Waals surface area (Å²) >= 11 is 0. The van der Waals surface area contributed by atoms with E-state index in [1.54, 1.807) is 24.3 Å². The van der Waals surface area contributed by atoms with E-state index in [1.807, 2.05) is 0 Å². The van der Waals surface area contributed by atoms with Crippen molar-refractivity contribution in [3.63, 3.8) is 0 Å². The number of carbonyl (C=O) groups is 3. The summed E-state index contributed by atoms with van der Waals surface area (Å²) in [7, 11) is 3.07. The molecule has 2 heterocycles. The average molecular weight is 553 g/mol. The Kier molecular flexibility index (Phi) is 6.20. The Morgan fingerprint density at radius 1 is 1.12 bits per heavy atom. The molecule has 0 amide bonds. The fourth-order valence-corrected chi connectivity index (χ4v) is 8.78. The van der Waals surface area contributed by atoms with E-state index in [9.17, 15) is 19.5 Å². The first-order chi connectivity index (χ1) is 19.0. The highest BCUT2D eigenvalue weighted by Gasteiger charge is 2.81. The number of fused-ring (bicyclic) bond motifs is 1. The molecule has 214 valence electrons. The van der Waals surface area contributed by atoms with Crippen molar-refractivity contribution in [3.8, 4) is 11.5 Å². The largest absolute Gasteiger partial charge is 0.493 e. The zero-order chi connectivity index (χ0) is 28.6. The van der Waals surface area contributed by atoms with Crippen molar-refractivity contribution < 1.29 is 43.2 Å². The minimum atomic E-state index is -1.71. The number of hydrogen-bond acceptors (Lipinski definition) is 9. The Morgan fingerprint density at radius 2 is 1.88 bits per heavy atom. The predicted octanol–water partition coefficient (Wildman–Crippen LogP) is 3.48. The van der Waals surface area contributed by atoms with Crippen LogP contribution in [0.15, 0.2) is 36.4 Å². The van der Waals surface area contributed by atoms with Crippen molar-refractivity contribution in [2.45, 2.75) is 58.0 Å². The van der Waals surface area contributed by atoms with E-state index in [-0.39, 0.29) is 17.9 Å². The highest BCUT2D eigenvalue weighted by atomic mass is 16.6. The molecule has 0 radical (unpaired) electrons. The van der Waals surface area contributed by atoms with Gasteiger partial charge in [0.05, 0.1) is 20.8 Å². The van der Waals surface area contributed by atoms with Gasteiger partial charge in [-0.3, -0.25) is 9.59 Å². The van der Waals surface area contributed by atoms with Crippen LogP contribution in [0.1, 0.15) is 45.1 Å². The number of hydrogen-bond donors (Lipinski definition) is 1. The molecule has 3 aliphatic carbocycles. The lowest BCUT2D eigenvalue weighted by atomic mass is 9.43. The number of ketones is 1. The molecule has 2 saturated heterocycles. The maximum Gasteiger partial charge on any atom is 0.331 e. The number of Topliss-reactive ketones (excluding diaryl/α,β-unsaturated/α-hetero) is 1. The minimum absolute atomic E-state index is 0.178. The number of esters is 2. The van der Waals surface area contributed by atoms with Gasteiger partial charge in [-0.05, 0) is 66.4 Å². The maximum absolute atomic E-state index is 14.0. The van der Waals surface area contributed by atoms with Crippen LogP contribution in [0.5, 0.6) is 11.5 Å². The quantitative estimate of drug-likeness (QED) is 0.333. The summed E-state index contributed by atoms with van der Waals surface area (Å²) in [5, 5.41) is 11.0. The number of rotatable bonds is 5. The summed E-state index contributed by atoms with van der Waals surface area (Å²) < 4.78 is 28.6. The van der Waals surface area contributed by atoms with Gasteiger partial charge in [-0.2, -0.15) is 0 Å². The SMILES string of the molecule is C=C1C(=O)C23C(=O)O[C@H]4CCC(C)(C)C5C(O)OCC54[C@@H]2CC[C@@H]1[C@H]3OC(=O)/C=C/c1ccc(OC)c(OC)c1. The molecule has 9 heteroatoms. The molecule has 3 saturated carbocycles. The molecular formula is C31H36O9. The standard InChI is InChI=1S/C31H36O9/c1-16-18-8-10-21-30-15-38-27(34)24(30)29(2,3)13-12-22(30)39-28(35)31(21,25(16)33)26(18)40-23(32)11-7-17-6-9-19(36-4)20(14-17)37-5/h6-7,9,11,14,18,21-22,24,26-27,34H,1,8,10,12-13,15H2,2-5H3/b11-7+/t18-,21-,22-,24?,26+,27?,30?,31?/m0/s1. The van der Waals surface area contributed by atoms with Gasteiger partial charge in [0.15, 0.2) is 29.0 Å². The minimum Gasteiger partial charge on any atom is -0.493 e. The molecule has 0 aromatic heterocycles. The first kappa shape index (κ1) is 27.0. The highest BCUT2D eigenvalue weighted by molar-refractivity contribution is 6.16. The number of benzene rings is 1. The molecular weight excluding hydrogens is 516 g/mol. The van der Waals surface area contributed by atoms with E-state index in [2.05, 4.69) is 20.4 Å². The summed E-state index contributed by atoms with van der Waals surface area (Å²) in [6.45, 7) is 8.40. The van der Waals surface area contributed by atoms with Crippen molar-refractivity contribution in [3.05, 3.63) is 42.0 Å². The van der Waals surface area contributed by atoms with Crippen LogP contribution in [0.3, 0.4) is 0 Å². The first-order valence-corrected chi connectivity index (χ1v) is 13.9. The summed E-state index contributed by atoms with van der Waals surface area (Å²) in [4.78, 5) is 41.2. The van der Waals surface area contributed by atoms with E-state index in [0.29, 0.717) is 41.9 Å². The molecule has 1 aromatic carbocycles. The molecule has 2 aliphatic heterocycles. The van der Waals surface area contributed by atoms with E-state index in [1.165, 1.54) is 20.3 Å². The van der Waals surface area contributed by atoms with E-state index in [4.69, 9.17) is 23.7 Å². The second kappa shape index (κ2) is 9.17. The second-order valence-electron chi connectivity index (χ2n) is 12.5. The lowest BCUT2D eigenvalue weighted by Gasteiger charge is -2.62. The van der Waals surface area contributed by atoms with E-state index in [0.717, 1.165) is 6.42 Å². The second-order valence-corrected chi connectivity index (χ2v) is 12.5. The van der Waals surface area contributed by atoms with Gasteiger partial charge in [0.1, 0.15) is 12.2 Å². The number of aliphatic hydroxyl groups is 1. The summed E-state index contributed by atoms with van der Waals surface area (Å²) in [5.41, 5.74) is -1.80. The molecule has 5 fully saturated rings. The van der Waals surface area contributed by atoms with Gasteiger partial charge in [0, 0.05) is 23.3 Å². The van der Waals surface area contributed by atoms with Crippen molar-refractivity contribution in [1.82, 2.24) is 0 Å². The Morgan fingerprint density at radius 3 is 2.60 bits per heavy atom. The zero-order valence-electron chi connectivity index (χ0n) is 23.3. The molecule has 2 bridgehead atoms. The first-order valence-electron chi connectivity index (χ1n) is 13.9. The maximum atomic E-state index is 14.0. The summed E-state index contributed by atoms with van der Waals surface area (Å²) in [6.07, 6.45) is 2.77. The van der Waals surface area contributed by atoms with Crippen LogP contribution in [-0.4, -0.2) is 62.2 Å². The summed E-state index contributed by atoms with van der Waals surface area (Å²) in [6, 6.07) is 5.22. The van der Waals surface area contributed by atoms with Crippen LogP contribution in [0, 0.1) is 34.0 Å². The van der Waals surface area contributed by atoms with Crippen molar-refractivity contribution in [2.24, 2.45) is 34.0 Å². The van der Waals surface area contributed by atoms with Crippen LogP contribution in [0.25, 0.3) is 6.08 Å². The van der Waals surface area contributed by atoms with Gasteiger partial charge < -0.3 is 28.8 Å². The van der Waals surface area contributed by atoms with Crippen LogP contribution < -0.4 is 9.47 Å². The van der Waals surface area contributed by atoms with Gasteiger partial charge in [0.2, 0.25) is 0 Å². The average Bonchev–Trinajstić information content (AvgIpc) is 3.35. The predicted molar refractivity (Wildman–Crippen MR) is 142 cm³/mol. The molecule has 4 unspecified atom stereocenters. The normalized spacial score (nSPS) is 39.3. The molecule has 1 N–H and O–H groups in total. The van der Waals surface area contributed by atoms with E-state index < -0.39 is 58.9 Å². The van der Waals surface area contributed by atoms with Crippen molar-refractivity contribution >= 4 is 23.8 Å². The topological polar surface area (TPSA) is 118 Å². The van der Waals surface area contributed by atoms with Crippen molar-refractivity contribution in [1.29, 1.82) is 0 Å². The molecule has 8 atom stereocenters. The fraction of sp³-hybridized carbons (Fsp3) is 0.581. The third kappa shape index (κ3) is 3.43. The number of methoxy groups -OCH3 is 2. The van der Waals surface area contributed by atoms with Gasteiger partial charge >= 0.3 is 11.9 Å². The van der Waals surface area contributed by atoms with Crippen LogP contribution in [0.2, 0.25) is 0 Å². The molecule has 40 heavy (non-hydrogen) atoms. The third-order valence-corrected chi connectivity index (χ3v) is 10.4. The van der Waals surface area contributed by atoms with Gasteiger partial charge in [-0.25, -0.2) is 4.79 Å². The monoisotopic (exact) mass is 552 g/mol. The van der Waals surface area contributed by atoms with Gasteiger partial charge in [-0.15, -0.1) is 0 Å². The Hall–Kier alpha value is -3.17. The smallest absolute Gasteiger partial charge is 0.331 e. The Bertz CT molecular complexity index is 1310. The molecule has 2 spiro atoms. The lowest BCUT2D eigenvalue weighted by Crippen LogP contribution is -2.71. The third-order valence-electron chi connectivity index (χ3n) is 10.4. The summed E-state index contributed by atoms with van der Waals surface area (Å²) in [5.74, 6) is -2.01. The molecule has 5 aliphatic rings. The molecule has 9 nitrogen and oxygen atoms in total. The number of carbonyl (C=O) groups excluding carboxylic acids is 3. The van der Waals surface area contributed by atoms with Gasteiger partial charge in [0.25, 0.3) is 0 Å². The van der Waals surface area contributed by atoms with Crippen molar-refractivity contribution in [2.75, 3.05) is 20.8 Å². The zero-order valence-corrected chi connectivity index (χ0v) is 23.3. The number of aliphatic hydroxyl groups excluding tert-OH is 1. The lowest BCUT2D eigenvalue weighted by molar-refractivity contribution is -0.251. The van der Waals surface area contributed by atoms with Crippen LogP contribution >= 0.6 is 0 Å². The van der Waals surface area contributed by atoms with Crippen LogP contribution in [-0.2, 0) is 28.6 Å². The Labute approximate surface area is 233 Å². The number of ether oxygens (including phenoxy) is 5. The van der Waals surface area contributed by atoms with Crippen LogP contribution in [0.4, 0.5) is 0 Å². The fourth-order valence-electron chi connectivity index (χ4n) is 8.78. The van der Waals surface area contributed by atoms with Gasteiger partial charge in [-0.1, -0.05) is 26.5 Å². The molecule has 1 aromatic rings. The van der Waals surface area contributed by atoms with E-state index >= 15 is 0 Å².